The Morgan fingerprint density at radius 1 is 1.52 bits per heavy atom. The summed E-state index contributed by atoms with van der Waals surface area (Å²) in [6, 6.07) is 3.87. The molecule has 0 bridgehead atoms. The van der Waals surface area contributed by atoms with Crippen molar-refractivity contribution in [3.8, 4) is 0 Å². The Labute approximate surface area is 158 Å². The van der Waals surface area contributed by atoms with Crippen LogP contribution in [0.15, 0.2) is 23.3 Å². The van der Waals surface area contributed by atoms with Crippen molar-refractivity contribution < 1.29 is 19.1 Å². The number of carbonyl (C=O) groups is 2. The van der Waals surface area contributed by atoms with E-state index in [0.717, 1.165) is 25.1 Å². The molecule has 11 heteroatoms. The lowest BCUT2D eigenvalue weighted by molar-refractivity contribution is -0.125. The predicted octanol–water partition coefficient (Wildman–Crippen LogP) is 0.157. The Hall–Kier alpha value is -2.56. The number of nitrogens with one attached hydrogen (secondary N) is 5. The molecule has 1 unspecified atom stereocenters. The van der Waals surface area contributed by atoms with Gasteiger partial charge in [-0.3, -0.25) is 25.7 Å². The minimum atomic E-state index is -1.16. The highest BCUT2D eigenvalue weighted by atomic mass is 35.5. The summed E-state index contributed by atoms with van der Waals surface area (Å²) in [6.45, 7) is -0.0589. The van der Waals surface area contributed by atoms with E-state index < -0.39 is 29.3 Å². The number of nitrogens with zero attached hydrogens (tertiary/aromatic N) is 1. The molecule has 0 spiro atoms. The van der Waals surface area contributed by atoms with Gasteiger partial charge in [-0.2, -0.15) is 5.10 Å². The Morgan fingerprint density at radius 3 is 2.85 bits per heavy atom. The molecule has 0 aromatic heterocycles. The van der Waals surface area contributed by atoms with Gasteiger partial charge in [-0.25, -0.2) is 4.39 Å². The molecule has 1 heterocycles. The van der Waals surface area contributed by atoms with Crippen LogP contribution >= 0.6 is 11.6 Å². The van der Waals surface area contributed by atoms with E-state index in [1.54, 1.807) is 0 Å². The fourth-order valence-corrected chi connectivity index (χ4v) is 3.04. The van der Waals surface area contributed by atoms with Crippen LogP contribution in [0.1, 0.15) is 12.8 Å². The van der Waals surface area contributed by atoms with Gasteiger partial charge in [0.1, 0.15) is 17.1 Å². The Balaban J connectivity index is 1.53. The van der Waals surface area contributed by atoms with E-state index in [1.165, 1.54) is 12.1 Å². The largest absolute Gasteiger partial charge is 0.361 e. The van der Waals surface area contributed by atoms with Gasteiger partial charge in [0, 0.05) is 6.54 Å². The molecule has 3 rings (SSSR count). The average Bonchev–Trinajstić information content (AvgIpc) is 3.42. The standard InChI is InChI=1S/C16H18ClFN6O3/c17-10-5-9(3-4-11(10)18)24-21-6-12(19)13(25)20-7-16(8-1-2-8)14(26)22-15(27)23-16/h3-6,8,15,19,23-24,27H,1-2,7H2,(H,20,25)(H,22,26)/b19-12?,21-6-/t15?,16-/m0/s1. The van der Waals surface area contributed by atoms with Crippen LogP contribution in [-0.4, -0.2) is 47.3 Å². The fraction of sp³-hybridized carbons (Fsp3) is 0.375. The van der Waals surface area contributed by atoms with Crippen LogP contribution < -0.4 is 21.4 Å². The highest BCUT2D eigenvalue weighted by molar-refractivity contribution is 6.59. The van der Waals surface area contributed by atoms with Gasteiger partial charge in [-0.1, -0.05) is 11.6 Å². The van der Waals surface area contributed by atoms with E-state index in [1.807, 2.05) is 0 Å². The highest BCUT2D eigenvalue weighted by Gasteiger charge is 2.55. The Kier molecular flexibility index (Phi) is 5.40. The molecule has 1 aliphatic carbocycles. The van der Waals surface area contributed by atoms with Crippen molar-refractivity contribution in [1.29, 1.82) is 5.41 Å². The lowest BCUT2D eigenvalue weighted by atomic mass is 9.93. The molecule has 2 aliphatic rings. The van der Waals surface area contributed by atoms with E-state index in [4.69, 9.17) is 17.0 Å². The second-order valence-corrected chi connectivity index (χ2v) is 6.77. The first-order chi connectivity index (χ1) is 12.8. The number of aliphatic hydroxyl groups is 1. The van der Waals surface area contributed by atoms with Crippen molar-refractivity contribution in [3.63, 3.8) is 0 Å². The summed E-state index contributed by atoms with van der Waals surface area (Å²) >= 11 is 5.65. The van der Waals surface area contributed by atoms with E-state index >= 15 is 0 Å². The first-order valence-corrected chi connectivity index (χ1v) is 8.57. The zero-order valence-electron chi connectivity index (χ0n) is 14.1. The van der Waals surface area contributed by atoms with Crippen molar-refractivity contribution in [2.75, 3.05) is 12.0 Å². The first-order valence-electron chi connectivity index (χ1n) is 8.19. The zero-order chi connectivity index (χ0) is 19.6. The predicted molar refractivity (Wildman–Crippen MR) is 97.0 cm³/mol. The maximum atomic E-state index is 13.1. The minimum absolute atomic E-state index is 0.0164. The SMILES string of the molecule is N=C(/C=N\Nc1ccc(F)c(Cl)c1)C(=O)NC[C@@]1(C2CC2)NC(O)NC1=O. The molecular weight excluding hydrogens is 379 g/mol. The molecule has 1 aliphatic heterocycles. The number of hydrazone groups is 1. The van der Waals surface area contributed by atoms with E-state index in [9.17, 15) is 19.1 Å². The van der Waals surface area contributed by atoms with Gasteiger partial charge in [0.25, 0.3) is 5.91 Å². The fourth-order valence-electron chi connectivity index (χ4n) is 2.86. The zero-order valence-corrected chi connectivity index (χ0v) is 14.8. The molecule has 2 atom stereocenters. The van der Waals surface area contributed by atoms with Crippen molar-refractivity contribution >= 4 is 41.0 Å². The summed E-state index contributed by atoms with van der Waals surface area (Å²) < 4.78 is 13.1. The number of hydrogen-bond donors (Lipinski definition) is 6. The minimum Gasteiger partial charge on any atom is -0.361 e. The number of amides is 2. The van der Waals surface area contributed by atoms with Gasteiger partial charge in [-0.05, 0) is 37.0 Å². The first kappa shape index (κ1) is 19.2. The maximum absolute atomic E-state index is 13.1. The highest BCUT2D eigenvalue weighted by Crippen LogP contribution is 2.41. The topological polar surface area (TPSA) is 139 Å². The molecule has 2 fully saturated rings. The second kappa shape index (κ2) is 7.59. The summed E-state index contributed by atoms with van der Waals surface area (Å²) in [5.74, 6) is -1.66. The lowest BCUT2D eigenvalue weighted by Gasteiger charge is -2.26. The molecule has 1 saturated carbocycles. The van der Waals surface area contributed by atoms with Crippen LogP contribution in [0.25, 0.3) is 0 Å². The summed E-state index contributed by atoms with van der Waals surface area (Å²) in [5.41, 5.74) is 1.40. The van der Waals surface area contributed by atoms with Crippen LogP contribution in [0.3, 0.4) is 0 Å². The van der Waals surface area contributed by atoms with Crippen molar-refractivity contribution in [3.05, 3.63) is 29.0 Å². The number of rotatable bonds is 7. The number of carbonyl (C=O) groups excluding carboxylic acids is 2. The van der Waals surface area contributed by atoms with Crippen LogP contribution in [0, 0.1) is 17.1 Å². The van der Waals surface area contributed by atoms with Crippen LogP contribution in [-0.2, 0) is 9.59 Å². The molecule has 9 nitrogen and oxygen atoms in total. The lowest BCUT2D eigenvalue weighted by Crippen LogP contribution is -2.58. The van der Waals surface area contributed by atoms with E-state index in [-0.39, 0.29) is 23.4 Å². The third-order valence-corrected chi connectivity index (χ3v) is 4.71. The number of aliphatic hydroxyl groups excluding tert-OH is 1. The number of benzene rings is 1. The van der Waals surface area contributed by atoms with Crippen molar-refractivity contribution in [2.24, 2.45) is 11.0 Å². The van der Waals surface area contributed by atoms with Crippen molar-refractivity contribution in [2.45, 2.75) is 24.7 Å². The second-order valence-electron chi connectivity index (χ2n) is 6.36. The third-order valence-electron chi connectivity index (χ3n) is 4.42. The van der Waals surface area contributed by atoms with Gasteiger partial charge in [0.2, 0.25) is 5.91 Å². The summed E-state index contributed by atoms with van der Waals surface area (Å²) in [4.78, 5) is 24.2. The Bertz CT molecular complexity index is 815. The van der Waals surface area contributed by atoms with Gasteiger partial charge < -0.3 is 15.7 Å². The molecule has 1 saturated heterocycles. The Morgan fingerprint density at radius 2 is 2.26 bits per heavy atom. The van der Waals surface area contributed by atoms with Crippen LogP contribution in [0.2, 0.25) is 5.02 Å². The molecule has 1 aromatic carbocycles. The summed E-state index contributed by atoms with van der Waals surface area (Å²) in [7, 11) is 0. The molecule has 27 heavy (non-hydrogen) atoms. The van der Waals surface area contributed by atoms with Gasteiger partial charge in [0.05, 0.1) is 16.9 Å². The smallest absolute Gasteiger partial charge is 0.270 e. The van der Waals surface area contributed by atoms with Gasteiger partial charge in [0.15, 0.2) is 6.35 Å². The maximum Gasteiger partial charge on any atom is 0.270 e. The van der Waals surface area contributed by atoms with Gasteiger partial charge in [-0.15, -0.1) is 0 Å². The molecule has 6 N–H and O–H groups in total. The van der Waals surface area contributed by atoms with E-state index in [0.29, 0.717) is 5.69 Å². The van der Waals surface area contributed by atoms with E-state index in [2.05, 4.69) is 26.5 Å². The van der Waals surface area contributed by atoms with Gasteiger partial charge >= 0.3 is 0 Å². The molecule has 2 amide bonds. The molecular formula is C16H18ClFN6O3. The normalized spacial score (nSPS) is 24.7. The number of halogens is 2. The molecule has 144 valence electrons. The van der Waals surface area contributed by atoms with Crippen LogP contribution in [0.4, 0.5) is 10.1 Å². The van der Waals surface area contributed by atoms with Crippen LogP contribution in [0.5, 0.6) is 0 Å². The summed E-state index contributed by atoms with van der Waals surface area (Å²) in [6.07, 6.45) is 1.44. The molecule has 0 radical (unpaired) electrons. The number of hydrogen-bond acceptors (Lipinski definition) is 7. The molecule has 1 aromatic rings. The quantitative estimate of drug-likeness (QED) is 0.288. The third kappa shape index (κ3) is 4.24. The number of anilines is 1. The average molecular weight is 397 g/mol. The van der Waals surface area contributed by atoms with Crippen molar-refractivity contribution in [1.82, 2.24) is 16.0 Å². The summed E-state index contributed by atoms with van der Waals surface area (Å²) in [5, 5.41) is 28.6. The monoisotopic (exact) mass is 396 g/mol.